The number of rotatable bonds is 3. The predicted molar refractivity (Wildman–Crippen MR) is 54.2 cm³/mol. The molecule has 2 aliphatic rings. The number of hydrogen-bond acceptors (Lipinski definition) is 2. The van der Waals surface area contributed by atoms with Crippen molar-refractivity contribution in [3.63, 3.8) is 0 Å². The van der Waals surface area contributed by atoms with E-state index in [9.17, 15) is 9.59 Å². The van der Waals surface area contributed by atoms with E-state index in [1.807, 2.05) is 12.2 Å². The van der Waals surface area contributed by atoms with E-state index in [0.717, 1.165) is 12.8 Å². The molecule has 0 radical (unpaired) electrons. The van der Waals surface area contributed by atoms with Crippen LogP contribution in [0.1, 0.15) is 25.7 Å². The quantitative estimate of drug-likeness (QED) is 0.679. The maximum Gasteiger partial charge on any atom is 0.307 e. The van der Waals surface area contributed by atoms with Crippen LogP contribution in [-0.4, -0.2) is 23.0 Å². The molecule has 0 saturated heterocycles. The van der Waals surface area contributed by atoms with Crippen LogP contribution >= 0.6 is 0 Å². The Morgan fingerprint density at radius 1 is 1.20 bits per heavy atom. The topological polar surface area (TPSA) is 66.4 Å². The number of hydrogen-bond donors (Lipinski definition) is 2. The van der Waals surface area contributed by atoms with Gasteiger partial charge in [-0.25, -0.2) is 0 Å². The first kappa shape index (κ1) is 10.2. The van der Waals surface area contributed by atoms with Crippen LogP contribution in [0.25, 0.3) is 0 Å². The highest BCUT2D eigenvalue weighted by molar-refractivity contribution is 5.86. The van der Waals surface area contributed by atoms with E-state index in [2.05, 4.69) is 5.32 Å². The van der Waals surface area contributed by atoms with E-state index in [0.29, 0.717) is 12.8 Å². The zero-order chi connectivity index (χ0) is 10.8. The maximum atomic E-state index is 11.7. The van der Waals surface area contributed by atoms with E-state index >= 15 is 0 Å². The molecule has 2 rings (SSSR count). The predicted octanol–water partition coefficient (Wildman–Crippen LogP) is 0.932. The fourth-order valence-electron chi connectivity index (χ4n) is 2.15. The molecule has 0 aromatic carbocycles. The van der Waals surface area contributed by atoms with Crippen molar-refractivity contribution in [2.75, 3.05) is 0 Å². The van der Waals surface area contributed by atoms with Crippen molar-refractivity contribution in [1.82, 2.24) is 5.32 Å². The normalized spacial score (nSPS) is 33.5. The van der Waals surface area contributed by atoms with Gasteiger partial charge in [0.2, 0.25) is 5.91 Å². The number of carbonyl (C=O) groups excluding carboxylic acids is 1. The smallest absolute Gasteiger partial charge is 0.307 e. The van der Waals surface area contributed by atoms with Crippen molar-refractivity contribution in [2.24, 2.45) is 11.8 Å². The molecule has 0 spiro atoms. The lowest BCUT2D eigenvalue weighted by molar-refractivity contribution is -0.152. The maximum absolute atomic E-state index is 11.7. The molecule has 1 amide bonds. The number of carboxylic acids is 1. The van der Waals surface area contributed by atoms with Crippen molar-refractivity contribution < 1.29 is 14.7 Å². The van der Waals surface area contributed by atoms with Gasteiger partial charge in [0.15, 0.2) is 0 Å². The van der Waals surface area contributed by atoms with Crippen molar-refractivity contribution in [2.45, 2.75) is 31.7 Å². The molecule has 1 saturated carbocycles. The Morgan fingerprint density at radius 2 is 1.93 bits per heavy atom. The van der Waals surface area contributed by atoms with Gasteiger partial charge >= 0.3 is 5.97 Å². The molecular formula is C11H15NO3. The lowest BCUT2D eigenvalue weighted by Gasteiger charge is -2.32. The fourth-order valence-corrected chi connectivity index (χ4v) is 2.15. The van der Waals surface area contributed by atoms with Crippen LogP contribution in [0.4, 0.5) is 0 Å². The fraction of sp³-hybridized carbons (Fsp3) is 0.636. The molecule has 0 heterocycles. The molecule has 0 bridgehead atoms. The highest BCUT2D eigenvalue weighted by Gasteiger charge is 2.41. The summed E-state index contributed by atoms with van der Waals surface area (Å²) in [6.07, 6.45) is 7.30. The minimum atomic E-state index is -0.844. The van der Waals surface area contributed by atoms with Crippen molar-refractivity contribution in [1.29, 1.82) is 0 Å². The zero-order valence-electron chi connectivity index (χ0n) is 8.48. The van der Waals surface area contributed by atoms with Gasteiger partial charge < -0.3 is 10.4 Å². The summed E-state index contributed by atoms with van der Waals surface area (Å²) in [6.45, 7) is 0. The first-order valence-corrected chi connectivity index (χ1v) is 5.38. The summed E-state index contributed by atoms with van der Waals surface area (Å²) in [6, 6.07) is 0.118. The van der Waals surface area contributed by atoms with Crippen LogP contribution in [0, 0.1) is 11.8 Å². The zero-order valence-corrected chi connectivity index (χ0v) is 8.48. The number of allylic oxidation sites excluding steroid dienone is 1. The van der Waals surface area contributed by atoms with Gasteiger partial charge in [-0.05, 0) is 25.7 Å². The molecule has 4 nitrogen and oxygen atoms in total. The van der Waals surface area contributed by atoms with Crippen LogP contribution < -0.4 is 5.32 Å². The summed E-state index contributed by atoms with van der Waals surface area (Å²) >= 11 is 0. The highest BCUT2D eigenvalue weighted by Crippen LogP contribution is 2.34. The summed E-state index contributed by atoms with van der Waals surface area (Å²) < 4.78 is 0. The van der Waals surface area contributed by atoms with Gasteiger partial charge in [-0.15, -0.1) is 0 Å². The van der Waals surface area contributed by atoms with Crippen LogP contribution in [0.3, 0.4) is 0 Å². The third-order valence-electron chi connectivity index (χ3n) is 3.27. The van der Waals surface area contributed by atoms with Crippen LogP contribution in [-0.2, 0) is 9.59 Å². The average Bonchev–Trinajstić information content (AvgIpc) is 2.52. The third kappa shape index (κ3) is 2.03. The summed E-state index contributed by atoms with van der Waals surface area (Å²) in [4.78, 5) is 22.4. The molecule has 0 aliphatic heterocycles. The van der Waals surface area contributed by atoms with Gasteiger partial charge in [0.05, 0.1) is 11.8 Å². The molecule has 0 aromatic heterocycles. The van der Waals surface area contributed by atoms with Gasteiger partial charge in [-0.2, -0.15) is 0 Å². The second kappa shape index (κ2) is 4.04. The second-order valence-electron chi connectivity index (χ2n) is 4.25. The van der Waals surface area contributed by atoms with Gasteiger partial charge in [0.1, 0.15) is 0 Å². The van der Waals surface area contributed by atoms with Crippen molar-refractivity contribution >= 4 is 11.9 Å². The molecule has 0 aromatic rings. The lowest BCUT2D eigenvalue weighted by Crippen LogP contribution is -2.46. The summed E-state index contributed by atoms with van der Waals surface area (Å²) in [5, 5.41) is 11.7. The minimum Gasteiger partial charge on any atom is -0.481 e. The number of amides is 1. The van der Waals surface area contributed by atoms with Crippen molar-refractivity contribution in [3.05, 3.63) is 12.2 Å². The molecule has 1 fully saturated rings. The number of carboxylic acid groups (broad SMARTS) is 1. The van der Waals surface area contributed by atoms with Gasteiger partial charge in [-0.1, -0.05) is 12.2 Å². The molecule has 3 unspecified atom stereocenters. The summed E-state index contributed by atoms with van der Waals surface area (Å²) in [5.41, 5.74) is 0. The van der Waals surface area contributed by atoms with Gasteiger partial charge in [0, 0.05) is 6.04 Å². The van der Waals surface area contributed by atoms with E-state index in [-0.39, 0.29) is 17.9 Å². The molecule has 3 atom stereocenters. The monoisotopic (exact) mass is 209 g/mol. The van der Waals surface area contributed by atoms with Gasteiger partial charge in [0.25, 0.3) is 0 Å². The molecular weight excluding hydrogens is 194 g/mol. The Labute approximate surface area is 88.4 Å². The van der Waals surface area contributed by atoms with E-state index in [1.165, 1.54) is 0 Å². The standard InChI is InChI=1S/C11H15NO3/c13-10(12-7-3-1-2-4-7)8-5-6-9(8)11(14)15/h1,3,7-9H,2,4-6H2,(H,12,13)(H,14,15). The van der Waals surface area contributed by atoms with Gasteiger partial charge in [-0.3, -0.25) is 9.59 Å². The Kier molecular flexibility index (Phi) is 2.75. The molecule has 82 valence electrons. The highest BCUT2D eigenvalue weighted by atomic mass is 16.4. The first-order chi connectivity index (χ1) is 7.18. The largest absolute Gasteiger partial charge is 0.481 e. The summed E-state index contributed by atoms with van der Waals surface area (Å²) in [5.74, 6) is -1.71. The van der Waals surface area contributed by atoms with Crippen LogP contribution in [0.15, 0.2) is 12.2 Å². The van der Waals surface area contributed by atoms with E-state index in [1.54, 1.807) is 0 Å². The van der Waals surface area contributed by atoms with Crippen LogP contribution in [0.5, 0.6) is 0 Å². The molecule has 2 aliphatic carbocycles. The molecule has 2 N–H and O–H groups in total. The Morgan fingerprint density at radius 3 is 2.40 bits per heavy atom. The average molecular weight is 209 g/mol. The number of nitrogens with one attached hydrogen (secondary N) is 1. The minimum absolute atomic E-state index is 0.0924. The number of aliphatic carboxylic acids is 1. The van der Waals surface area contributed by atoms with Crippen LogP contribution in [0.2, 0.25) is 0 Å². The third-order valence-corrected chi connectivity index (χ3v) is 3.27. The molecule has 4 heteroatoms. The SMILES string of the molecule is O=C(O)C1CCC1C(=O)NC1C=CCC1. The summed E-state index contributed by atoms with van der Waals surface area (Å²) in [7, 11) is 0. The van der Waals surface area contributed by atoms with Crippen molar-refractivity contribution in [3.8, 4) is 0 Å². The lowest BCUT2D eigenvalue weighted by atomic mass is 9.73. The Balaban J connectivity index is 1.85. The van der Waals surface area contributed by atoms with E-state index < -0.39 is 11.9 Å². The Hall–Kier alpha value is -1.32. The van der Waals surface area contributed by atoms with E-state index in [4.69, 9.17) is 5.11 Å². The second-order valence-corrected chi connectivity index (χ2v) is 4.25. The molecule has 15 heavy (non-hydrogen) atoms. The Bertz CT molecular complexity index is 311. The number of carbonyl (C=O) groups is 2. The first-order valence-electron chi connectivity index (χ1n) is 5.38.